The van der Waals surface area contributed by atoms with Gasteiger partial charge in [0, 0.05) is 57.6 Å². The molecule has 2 aromatic rings. The van der Waals surface area contributed by atoms with E-state index in [2.05, 4.69) is 41.9 Å². The molecule has 0 amide bonds. The first kappa shape index (κ1) is 20.3. The molecule has 1 atom stereocenters. The maximum atomic E-state index is 5.34. The molecular weight excluding hydrogens is 378 g/mol. The molecule has 0 radical (unpaired) electrons. The highest BCUT2D eigenvalue weighted by molar-refractivity contribution is 7.10. The van der Waals surface area contributed by atoms with Crippen molar-refractivity contribution in [2.45, 2.75) is 32.5 Å². The third-order valence-corrected chi connectivity index (χ3v) is 6.92. The van der Waals surface area contributed by atoms with E-state index in [1.807, 2.05) is 32.4 Å². The molecular formula is C19H29N5OS2. The summed E-state index contributed by atoms with van der Waals surface area (Å²) in [5.41, 5.74) is 2.54. The summed E-state index contributed by atoms with van der Waals surface area (Å²) in [5.74, 6) is 0.901. The van der Waals surface area contributed by atoms with Gasteiger partial charge < -0.3 is 15.0 Å². The predicted octanol–water partition coefficient (Wildman–Crippen LogP) is 2.98. The van der Waals surface area contributed by atoms with Crippen molar-refractivity contribution in [3.05, 3.63) is 38.0 Å². The van der Waals surface area contributed by atoms with E-state index in [0.717, 1.165) is 49.4 Å². The van der Waals surface area contributed by atoms with Gasteiger partial charge in [-0.2, -0.15) is 0 Å². The van der Waals surface area contributed by atoms with Crippen LogP contribution >= 0.6 is 22.7 Å². The average molecular weight is 408 g/mol. The van der Waals surface area contributed by atoms with E-state index in [4.69, 9.17) is 4.74 Å². The summed E-state index contributed by atoms with van der Waals surface area (Å²) in [4.78, 5) is 15.3. The quantitative estimate of drug-likeness (QED) is 0.565. The maximum absolute atomic E-state index is 5.34. The van der Waals surface area contributed by atoms with Crippen molar-refractivity contribution in [1.29, 1.82) is 0 Å². The molecule has 0 spiro atoms. The topological polar surface area (TPSA) is 53.0 Å². The number of ether oxygens (including phenoxy) is 1. The number of rotatable bonds is 7. The van der Waals surface area contributed by atoms with Gasteiger partial charge in [0.05, 0.1) is 12.2 Å². The number of nitrogens with one attached hydrogen (secondary N) is 1. The van der Waals surface area contributed by atoms with Gasteiger partial charge in [-0.3, -0.25) is 9.89 Å². The number of thiazole rings is 1. The van der Waals surface area contributed by atoms with Gasteiger partial charge in [0.1, 0.15) is 11.1 Å². The highest BCUT2D eigenvalue weighted by Crippen LogP contribution is 2.23. The average Bonchev–Trinajstić information content (AvgIpc) is 3.33. The van der Waals surface area contributed by atoms with Crippen molar-refractivity contribution >= 4 is 28.6 Å². The third-order valence-electron chi connectivity index (χ3n) is 4.84. The lowest BCUT2D eigenvalue weighted by atomic mass is 10.1. The monoisotopic (exact) mass is 407 g/mol. The highest BCUT2D eigenvalue weighted by Gasteiger charge is 2.17. The third kappa shape index (κ3) is 5.28. The van der Waals surface area contributed by atoms with Crippen LogP contribution in [0.25, 0.3) is 0 Å². The molecule has 0 aliphatic carbocycles. The zero-order valence-corrected chi connectivity index (χ0v) is 18.2. The van der Waals surface area contributed by atoms with Crippen LogP contribution in [0.5, 0.6) is 0 Å². The molecule has 2 aromatic heterocycles. The minimum absolute atomic E-state index is 0.0415. The lowest BCUT2D eigenvalue weighted by Crippen LogP contribution is -2.43. The van der Waals surface area contributed by atoms with Crippen LogP contribution in [0.2, 0.25) is 0 Å². The van der Waals surface area contributed by atoms with Crippen molar-refractivity contribution in [3.63, 3.8) is 0 Å². The van der Waals surface area contributed by atoms with E-state index < -0.39 is 0 Å². The first-order valence-corrected chi connectivity index (χ1v) is 11.0. The van der Waals surface area contributed by atoms with Gasteiger partial charge in [0.15, 0.2) is 5.96 Å². The Balaban J connectivity index is 1.45. The van der Waals surface area contributed by atoms with Gasteiger partial charge in [0.2, 0.25) is 0 Å². The second-order valence-corrected chi connectivity index (χ2v) is 8.67. The Kier molecular flexibility index (Phi) is 7.23. The fourth-order valence-corrected chi connectivity index (χ4v) is 4.94. The van der Waals surface area contributed by atoms with E-state index in [1.165, 1.54) is 12.0 Å². The van der Waals surface area contributed by atoms with Crippen molar-refractivity contribution < 1.29 is 4.74 Å². The molecule has 1 N–H and O–H groups in total. The Labute approximate surface area is 169 Å². The number of hydrogen-bond acceptors (Lipinski definition) is 6. The summed E-state index contributed by atoms with van der Waals surface area (Å²) < 4.78 is 5.34. The maximum Gasteiger partial charge on any atom is 0.193 e. The SMILES string of the molecule is CN=C(NCCN1CCc2sccc2C1)N(C)Cc1csc(C(C)OC)n1. The van der Waals surface area contributed by atoms with Crippen LogP contribution in [-0.4, -0.2) is 61.6 Å². The molecule has 8 heteroatoms. The summed E-state index contributed by atoms with van der Waals surface area (Å²) in [6, 6.07) is 2.26. The van der Waals surface area contributed by atoms with Gasteiger partial charge in [-0.15, -0.1) is 22.7 Å². The number of thiophene rings is 1. The number of guanidine groups is 1. The summed E-state index contributed by atoms with van der Waals surface area (Å²) in [6.07, 6.45) is 1.22. The summed E-state index contributed by atoms with van der Waals surface area (Å²) in [5, 5.41) is 8.81. The van der Waals surface area contributed by atoms with Crippen molar-refractivity contribution in [1.82, 2.24) is 20.1 Å². The van der Waals surface area contributed by atoms with E-state index in [9.17, 15) is 0 Å². The molecule has 6 nitrogen and oxygen atoms in total. The fourth-order valence-electron chi connectivity index (χ4n) is 3.21. The Bertz CT molecular complexity index is 757. The second-order valence-electron chi connectivity index (χ2n) is 6.78. The highest BCUT2D eigenvalue weighted by atomic mass is 32.1. The second kappa shape index (κ2) is 9.64. The molecule has 27 heavy (non-hydrogen) atoms. The molecule has 0 saturated heterocycles. The van der Waals surface area contributed by atoms with Crippen molar-refractivity contribution in [2.75, 3.05) is 40.8 Å². The lowest BCUT2D eigenvalue weighted by Gasteiger charge is -2.28. The molecule has 0 fully saturated rings. The van der Waals surface area contributed by atoms with Gasteiger partial charge in [-0.25, -0.2) is 4.98 Å². The zero-order chi connectivity index (χ0) is 19.2. The number of methoxy groups -OCH3 is 1. The largest absolute Gasteiger partial charge is 0.375 e. The van der Waals surface area contributed by atoms with Gasteiger partial charge >= 0.3 is 0 Å². The number of nitrogens with zero attached hydrogens (tertiary/aromatic N) is 4. The molecule has 1 aliphatic rings. The minimum Gasteiger partial charge on any atom is -0.375 e. The van der Waals surface area contributed by atoms with Crippen LogP contribution in [0.1, 0.15) is 34.2 Å². The van der Waals surface area contributed by atoms with Crippen molar-refractivity contribution in [3.8, 4) is 0 Å². The zero-order valence-electron chi connectivity index (χ0n) is 16.6. The Morgan fingerprint density at radius 2 is 2.33 bits per heavy atom. The van der Waals surface area contributed by atoms with E-state index >= 15 is 0 Å². The van der Waals surface area contributed by atoms with Crippen LogP contribution in [-0.2, 0) is 24.2 Å². The number of aromatic nitrogens is 1. The van der Waals surface area contributed by atoms with Crippen LogP contribution < -0.4 is 5.32 Å². The summed E-state index contributed by atoms with van der Waals surface area (Å²) in [6.45, 7) is 6.87. The van der Waals surface area contributed by atoms with E-state index in [-0.39, 0.29) is 6.10 Å². The number of fused-ring (bicyclic) bond motifs is 1. The van der Waals surface area contributed by atoms with Gasteiger partial charge in [-0.05, 0) is 30.4 Å². The molecule has 3 rings (SSSR count). The predicted molar refractivity (Wildman–Crippen MR) is 114 cm³/mol. The van der Waals surface area contributed by atoms with E-state index in [0.29, 0.717) is 0 Å². The summed E-state index contributed by atoms with van der Waals surface area (Å²) in [7, 11) is 5.59. The molecule has 0 saturated carbocycles. The van der Waals surface area contributed by atoms with Crippen LogP contribution in [0.15, 0.2) is 21.8 Å². The molecule has 0 bridgehead atoms. The van der Waals surface area contributed by atoms with Crippen LogP contribution in [0, 0.1) is 0 Å². The molecule has 1 unspecified atom stereocenters. The molecule has 0 aromatic carbocycles. The number of aliphatic imine (C=N–C) groups is 1. The molecule has 3 heterocycles. The van der Waals surface area contributed by atoms with E-state index in [1.54, 1.807) is 23.3 Å². The smallest absolute Gasteiger partial charge is 0.193 e. The van der Waals surface area contributed by atoms with Crippen LogP contribution in [0.4, 0.5) is 0 Å². The Hall–Kier alpha value is -1.48. The van der Waals surface area contributed by atoms with Gasteiger partial charge in [-0.1, -0.05) is 0 Å². The van der Waals surface area contributed by atoms with Gasteiger partial charge in [0.25, 0.3) is 0 Å². The normalized spacial score (nSPS) is 16.2. The Morgan fingerprint density at radius 1 is 1.48 bits per heavy atom. The molecule has 1 aliphatic heterocycles. The van der Waals surface area contributed by atoms with Crippen LogP contribution in [0.3, 0.4) is 0 Å². The Morgan fingerprint density at radius 3 is 3.11 bits per heavy atom. The van der Waals surface area contributed by atoms with Crippen molar-refractivity contribution in [2.24, 2.45) is 4.99 Å². The lowest BCUT2D eigenvalue weighted by molar-refractivity contribution is 0.119. The molecule has 148 valence electrons. The first-order valence-electron chi connectivity index (χ1n) is 9.27. The summed E-state index contributed by atoms with van der Waals surface area (Å²) >= 11 is 3.53. The standard InChI is InChI=1S/C19H29N5OS2/c1-14(25-4)18-22-16(13-27-18)12-23(3)19(20-2)21-7-9-24-8-5-17-15(11-24)6-10-26-17/h6,10,13-14H,5,7-9,11-12H2,1-4H3,(H,20,21). The first-order chi connectivity index (χ1) is 13.1. The fraction of sp³-hybridized carbons (Fsp3) is 0.579. The minimum atomic E-state index is 0.0415. The number of hydrogen-bond donors (Lipinski definition) is 1.